The summed E-state index contributed by atoms with van der Waals surface area (Å²) in [4.78, 5) is 10.4. The number of nitriles is 1. The highest BCUT2D eigenvalue weighted by Gasteiger charge is 2.46. The van der Waals surface area contributed by atoms with Crippen LogP contribution in [-0.2, 0) is 14.6 Å². The molecule has 0 spiro atoms. The molecule has 0 radical (unpaired) electrons. The van der Waals surface area contributed by atoms with Gasteiger partial charge in [0.15, 0.2) is 22.2 Å². The normalized spacial score (nSPS) is 20.7. The van der Waals surface area contributed by atoms with Gasteiger partial charge in [0.1, 0.15) is 29.2 Å². The first-order valence-corrected chi connectivity index (χ1v) is 9.73. The Morgan fingerprint density at radius 2 is 1.93 bits per heavy atom. The topological polar surface area (TPSA) is 130 Å². The average Bonchev–Trinajstić information content (AvgIpc) is 2.85. The van der Waals surface area contributed by atoms with Crippen molar-refractivity contribution in [3.63, 3.8) is 0 Å². The fourth-order valence-electron chi connectivity index (χ4n) is 3.10. The maximum atomic E-state index is 14.6. The second kappa shape index (κ2) is 7.38. The fraction of sp³-hybridized carbons (Fsp3) is 0.222. The molecule has 0 fully saturated rings. The van der Waals surface area contributed by atoms with Crippen LogP contribution in [0.1, 0.15) is 29.0 Å². The highest BCUT2D eigenvalue weighted by Crippen LogP contribution is 2.50. The Hall–Kier alpha value is -3.10. The highest BCUT2D eigenvalue weighted by atomic mass is 32.2. The van der Waals surface area contributed by atoms with Crippen molar-refractivity contribution in [3.05, 3.63) is 52.8 Å². The van der Waals surface area contributed by atoms with Crippen LogP contribution < -0.4 is 10.5 Å². The van der Waals surface area contributed by atoms with Crippen LogP contribution in [-0.4, -0.2) is 31.4 Å². The zero-order valence-corrected chi connectivity index (χ0v) is 15.3. The summed E-state index contributed by atoms with van der Waals surface area (Å²) in [5, 5.41) is 19.0. The number of aliphatic hydroxyl groups excluding tert-OH is 1. The molecule has 0 unspecified atom stereocenters. The van der Waals surface area contributed by atoms with Crippen molar-refractivity contribution in [1.29, 1.82) is 5.26 Å². The minimum Gasteiger partial charge on any atom is -0.457 e. The Labute approximate surface area is 163 Å². The number of hydrogen-bond acceptors (Lipinski definition) is 6. The van der Waals surface area contributed by atoms with Gasteiger partial charge in [-0.3, -0.25) is 4.79 Å². The first-order valence-electron chi connectivity index (χ1n) is 8.07. The molecule has 0 bridgehead atoms. The number of nitrogens with zero attached hydrogens (tertiary/aromatic N) is 1. The van der Waals surface area contributed by atoms with Crippen molar-refractivity contribution in [2.45, 2.75) is 23.3 Å². The summed E-state index contributed by atoms with van der Waals surface area (Å²) in [7, 11) is -4.40. The number of nitrogens with two attached hydrogens (primary N) is 1. The summed E-state index contributed by atoms with van der Waals surface area (Å²) >= 11 is 0. The van der Waals surface area contributed by atoms with Crippen LogP contribution >= 0.6 is 0 Å². The monoisotopic (exact) mass is 426 g/mol. The van der Waals surface area contributed by atoms with Gasteiger partial charge < -0.3 is 15.6 Å². The Bertz CT molecular complexity index is 1150. The quantitative estimate of drug-likeness (QED) is 0.753. The number of carbonyl (C=O) groups is 1. The number of halogens is 3. The second-order valence-electron chi connectivity index (χ2n) is 6.30. The lowest BCUT2D eigenvalue weighted by molar-refractivity contribution is -0.115. The molecule has 3 N–H and O–H groups in total. The van der Waals surface area contributed by atoms with E-state index in [4.69, 9.17) is 15.7 Å². The van der Waals surface area contributed by atoms with Crippen molar-refractivity contribution in [2.24, 2.45) is 5.73 Å². The molecular weight excluding hydrogens is 413 g/mol. The Morgan fingerprint density at radius 3 is 2.55 bits per heavy atom. The molecule has 2 aromatic carbocycles. The van der Waals surface area contributed by atoms with Crippen LogP contribution in [0.5, 0.6) is 11.5 Å². The molecule has 0 aliphatic heterocycles. The van der Waals surface area contributed by atoms with Crippen molar-refractivity contribution < 1.29 is 36.2 Å². The number of sulfone groups is 1. The number of fused-ring (bicyclic) bond motifs is 1. The summed E-state index contributed by atoms with van der Waals surface area (Å²) in [6.45, 7) is 0. The third kappa shape index (κ3) is 3.76. The lowest BCUT2D eigenvalue weighted by Crippen LogP contribution is -2.24. The maximum absolute atomic E-state index is 14.6. The van der Waals surface area contributed by atoms with E-state index in [1.165, 1.54) is 0 Å². The van der Waals surface area contributed by atoms with Crippen molar-refractivity contribution in [2.75, 3.05) is 5.75 Å². The van der Waals surface area contributed by atoms with E-state index in [2.05, 4.69) is 0 Å². The summed E-state index contributed by atoms with van der Waals surface area (Å²) in [6, 6.07) is 6.54. The third-order valence-electron chi connectivity index (χ3n) is 4.26. The van der Waals surface area contributed by atoms with E-state index < -0.39 is 61.8 Å². The summed E-state index contributed by atoms with van der Waals surface area (Å²) < 4.78 is 72.4. The summed E-state index contributed by atoms with van der Waals surface area (Å²) in [5.41, 5.74) is 3.63. The van der Waals surface area contributed by atoms with Crippen LogP contribution in [0.3, 0.4) is 0 Å². The Kier molecular flexibility index (Phi) is 5.25. The van der Waals surface area contributed by atoms with Gasteiger partial charge in [0, 0.05) is 17.2 Å². The number of benzene rings is 2. The van der Waals surface area contributed by atoms with E-state index >= 15 is 0 Å². The zero-order chi connectivity index (χ0) is 21.5. The first-order chi connectivity index (χ1) is 13.5. The van der Waals surface area contributed by atoms with Crippen molar-refractivity contribution in [1.82, 2.24) is 0 Å². The van der Waals surface area contributed by atoms with E-state index in [-0.39, 0.29) is 17.1 Å². The number of primary amides is 1. The third-order valence-corrected chi connectivity index (χ3v) is 5.95. The molecule has 3 rings (SSSR count). The molecule has 0 heterocycles. The van der Waals surface area contributed by atoms with E-state index in [9.17, 15) is 31.5 Å². The van der Waals surface area contributed by atoms with Crippen molar-refractivity contribution >= 4 is 15.7 Å². The van der Waals surface area contributed by atoms with Gasteiger partial charge in [-0.05, 0) is 24.3 Å². The van der Waals surface area contributed by atoms with E-state index in [1.54, 1.807) is 6.07 Å². The molecule has 0 saturated carbocycles. The van der Waals surface area contributed by atoms with E-state index in [1.807, 2.05) is 0 Å². The number of aliphatic hydroxyl groups is 1. The second-order valence-corrected chi connectivity index (χ2v) is 8.25. The molecule has 7 nitrogen and oxygen atoms in total. The molecule has 1 aliphatic rings. The number of alkyl halides is 2. The van der Waals surface area contributed by atoms with Crippen LogP contribution in [0.4, 0.5) is 13.2 Å². The number of ether oxygens (including phenoxy) is 1. The average molecular weight is 426 g/mol. The molecule has 11 heteroatoms. The largest absolute Gasteiger partial charge is 0.457 e. The van der Waals surface area contributed by atoms with Crippen molar-refractivity contribution in [3.8, 4) is 17.6 Å². The summed E-state index contributed by atoms with van der Waals surface area (Å²) in [5.74, 6) is -3.74. The molecule has 1 aliphatic carbocycles. The predicted molar refractivity (Wildman–Crippen MR) is 92.6 cm³/mol. The van der Waals surface area contributed by atoms with Gasteiger partial charge in [0.2, 0.25) is 5.91 Å². The summed E-state index contributed by atoms with van der Waals surface area (Å²) in [6.07, 6.45) is -7.06. The Balaban J connectivity index is 2.16. The number of hydrogen-bond donors (Lipinski definition) is 2. The fourth-order valence-corrected chi connectivity index (χ4v) is 4.47. The lowest BCUT2D eigenvalue weighted by Gasteiger charge is -2.15. The highest BCUT2D eigenvalue weighted by molar-refractivity contribution is 7.92. The van der Waals surface area contributed by atoms with Gasteiger partial charge in [-0.1, -0.05) is 0 Å². The van der Waals surface area contributed by atoms with E-state index in [0.717, 1.165) is 30.3 Å². The van der Waals surface area contributed by atoms with Gasteiger partial charge >= 0.3 is 0 Å². The van der Waals surface area contributed by atoms with Crippen LogP contribution in [0.15, 0.2) is 35.2 Å². The van der Waals surface area contributed by atoms with Gasteiger partial charge in [0.05, 0.1) is 16.5 Å². The zero-order valence-electron chi connectivity index (χ0n) is 14.5. The molecule has 152 valence electrons. The van der Waals surface area contributed by atoms with Crippen LogP contribution in [0.25, 0.3) is 0 Å². The van der Waals surface area contributed by atoms with Crippen LogP contribution in [0.2, 0.25) is 0 Å². The number of amides is 1. The molecule has 1 amide bonds. The van der Waals surface area contributed by atoms with Gasteiger partial charge in [-0.25, -0.2) is 21.6 Å². The molecule has 3 atom stereocenters. The van der Waals surface area contributed by atoms with Crippen LogP contribution in [0, 0.1) is 17.1 Å². The van der Waals surface area contributed by atoms with Gasteiger partial charge in [-0.15, -0.1) is 0 Å². The Morgan fingerprint density at radius 1 is 1.24 bits per heavy atom. The minimum absolute atomic E-state index is 0.0995. The van der Waals surface area contributed by atoms with Gasteiger partial charge in [-0.2, -0.15) is 5.26 Å². The van der Waals surface area contributed by atoms with E-state index in [0.29, 0.717) is 0 Å². The predicted octanol–water partition coefficient (Wildman–Crippen LogP) is 2.14. The first kappa shape index (κ1) is 20.6. The molecule has 2 aromatic rings. The molecule has 29 heavy (non-hydrogen) atoms. The maximum Gasteiger partial charge on any atom is 0.233 e. The minimum atomic E-state index is -4.40. The number of carbonyl (C=O) groups excluding carboxylic acids is 1. The molecular formula is C18H13F3N2O5S. The smallest absolute Gasteiger partial charge is 0.233 e. The van der Waals surface area contributed by atoms with Gasteiger partial charge in [0.25, 0.3) is 0 Å². The standard InChI is InChI=1S/C18H13F3N2O5S/c19-9-3-8(6-22)4-10(5-9)28-11-1-2-12(29(26,27)7-13(23)24)15-14(11)16(20)17(21)18(15)25/h1-5,16-18,25H,7H2,(H2,23,24)/t16-,17+,18-/m0/s1. The molecule has 0 aromatic heterocycles. The number of rotatable bonds is 5. The molecule has 0 saturated heterocycles. The lowest BCUT2D eigenvalue weighted by atomic mass is 10.1. The SMILES string of the molecule is N#Cc1cc(F)cc(Oc2ccc(S(=O)(=O)CC(N)=O)c3c2[C@H](F)[C@@H](F)[C@H]3O)c1.